The molecule has 0 saturated heterocycles. The SMILES string of the molecule is c1ccc(-c2nc(-c3cccc(-c4cc5ccccc5s4)c3)cc(-c3ccc(-c4ccc(-c5c6ccccc6cc6c5ccc5ccccc56)cc4)c4ccccc34)n2)cc1. The van der Waals surface area contributed by atoms with Crippen molar-refractivity contribution in [2.75, 3.05) is 0 Å². The van der Waals surface area contributed by atoms with E-state index in [0.717, 1.165) is 33.5 Å². The van der Waals surface area contributed by atoms with Crippen LogP contribution in [-0.2, 0) is 0 Å². The molecule has 0 aliphatic rings. The smallest absolute Gasteiger partial charge is 0.160 e. The van der Waals surface area contributed by atoms with Crippen LogP contribution in [0.15, 0.2) is 218 Å². The Bertz CT molecular complexity index is 3610. The molecule has 2 aromatic heterocycles. The minimum absolute atomic E-state index is 0.707. The van der Waals surface area contributed by atoms with E-state index in [1.807, 2.05) is 29.5 Å². The molecule has 2 nitrogen and oxygen atoms in total. The fraction of sp³-hybridized carbons (Fsp3) is 0. The molecule has 3 heteroatoms. The van der Waals surface area contributed by atoms with Crippen molar-refractivity contribution >= 4 is 64.5 Å². The van der Waals surface area contributed by atoms with E-state index < -0.39 is 0 Å². The summed E-state index contributed by atoms with van der Waals surface area (Å²) in [6.45, 7) is 0. The summed E-state index contributed by atoms with van der Waals surface area (Å²) in [6.07, 6.45) is 0. The van der Waals surface area contributed by atoms with Gasteiger partial charge in [0.2, 0.25) is 0 Å². The van der Waals surface area contributed by atoms with Gasteiger partial charge >= 0.3 is 0 Å². The second-order valence-corrected chi connectivity index (χ2v) is 16.8. The van der Waals surface area contributed by atoms with Gasteiger partial charge in [-0.3, -0.25) is 0 Å². The first-order chi connectivity index (χ1) is 30.2. The van der Waals surface area contributed by atoms with Crippen molar-refractivity contribution in [3.63, 3.8) is 0 Å². The molecule has 0 spiro atoms. The molecular formula is C58H36N2S. The van der Waals surface area contributed by atoms with Gasteiger partial charge in [-0.1, -0.05) is 188 Å². The molecule has 0 N–H and O–H groups in total. The summed E-state index contributed by atoms with van der Waals surface area (Å²) < 4.78 is 1.29. The van der Waals surface area contributed by atoms with Gasteiger partial charge in [-0.2, -0.15) is 0 Å². The molecule has 0 aliphatic carbocycles. The van der Waals surface area contributed by atoms with E-state index in [4.69, 9.17) is 9.97 Å². The maximum Gasteiger partial charge on any atom is 0.160 e. The van der Waals surface area contributed by atoms with Crippen LogP contribution in [0.2, 0.25) is 0 Å². The second-order valence-electron chi connectivity index (χ2n) is 15.7. The van der Waals surface area contributed by atoms with Crippen LogP contribution in [0.5, 0.6) is 0 Å². The van der Waals surface area contributed by atoms with Gasteiger partial charge in [-0.15, -0.1) is 11.3 Å². The second kappa shape index (κ2) is 14.5. The summed E-state index contributed by atoms with van der Waals surface area (Å²) in [4.78, 5) is 11.7. The van der Waals surface area contributed by atoms with Crippen molar-refractivity contribution < 1.29 is 0 Å². The molecule has 0 unspecified atom stereocenters. The first kappa shape index (κ1) is 35.2. The van der Waals surface area contributed by atoms with Crippen molar-refractivity contribution in [1.29, 1.82) is 0 Å². The lowest BCUT2D eigenvalue weighted by atomic mass is 9.88. The monoisotopic (exact) mass is 792 g/mol. The molecule has 0 radical (unpaired) electrons. The fourth-order valence-corrected chi connectivity index (χ4v) is 10.2. The lowest BCUT2D eigenvalue weighted by molar-refractivity contribution is 1.18. The first-order valence-corrected chi connectivity index (χ1v) is 21.5. The molecule has 12 rings (SSSR count). The number of hydrogen-bond acceptors (Lipinski definition) is 3. The predicted octanol–water partition coefficient (Wildman–Crippen LogP) is 16.3. The van der Waals surface area contributed by atoms with E-state index in [1.54, 1.807) is 0 Å². The number of rotatable bonds is 6. The highest BCUT2D eigenvalue weighted by atomic mass is 32.1. The summed E-state index contributed by atoms with van der Waals surface area (Å²) >= 11 is 1.82. The van der Waals surface area contributed by atoms with E-state index in [1.165, 1.54) is 80.5 Å². The largest absolute Gasteiger partial charge is 0.228 e. The van der Waals surface area contributed by atoms with Crippen molar-refractivity contribution in [2.24, 2.45) is 0 Å². The highest BCUT2D eigenvalue weighted by Gasteiger charge is 2.17. The normalized spacial score (nSPS) is 11.6. The maximum absolute atomic E-state index is 5.27. The van der Waals surface area contributed by atoms with E-state index in [0.29, 0.717) is 5.82 Å². The molecule has 0 aliphatic heterocycles. The van der Waals surface area contributed by atoms with Crippen LogP contribution < -0.4 is 0 Å². The standard InChI is InChI=1S/C58H36N2S/c1-2-14-40(15-3-1)58-59-53(42-18-12-19-43(33-42)56-35-44-17-6-11-24-55(44)61-56)36-54(60-58)50-32-31-46(48-22-9-10-23-49(48)50)38-25-27-39(28-26-38)57-47-21-8-5-16-41(47)34-52-45-20-7-4-13-37(45)29-30-51(52)57/h1-36H. The number of benzene rings is 10. The van der Waals surface area contributed by atoms with E-state index in [9.17, 15) is 0 Å². The minimum atomic E-state index is 0.707. The zero-order valence-electron chi connectivity index (χ0n) is 33.1. The molecule has 0 amide bonds. The van der Waals surface area contributed by atoms with Gasteiger partial charge in [0.05, 0.1) is 11.4 Å². The lowest BCUT2D eigenvalue weighted by Gasteiger charge is -2.16. The molecule has 2 heterocycles. The Morgan fingerprint density at radius 2 is 0.918 bits per heavy atom. The molecule has 61 heavy (non-hydrogen) atoms. The molecular weight excluding hydrogens is 757 g/mol. The third kappa shape index (κ3) is 6.18. The third-order valence-electron chi connectivity index (χ3n) is 12.1. The fourth-order valence-electron chi connectivity index (χ4n) is 9.13. The molecule has 284 valence electrons. The Labute approximate surface area is 357 Å². The molecule has 0 fully saturated rings. The highest BCUT2D eigenvalue weighted by Crippen LogP contribution is 2.42. The highest BCUT2D eigenvalue weighted by molar-refractivity contribution is 7.22. The summed E-state index contributed by atoms with van der Waals surface area (Å²) in [5, 5.41) is 11.2. The molecule has 0 saturated carbocycles. The summed E-state index contributed by atoms with van der Waals surface area (Å²) in [5.41, 5.74) is 10.9. The minimum Gasteiger partial charge on any atom is -0.228 e. The van der Waals surface area contributed by atoms with Gasteiger partial charge in [0, 0.05) is 26.3 Å². The van der Waals surface area contributed by atoms with Crippen LogP contribution in [-0.4, -0.2) is 9.97 Å². The Morgan fingerprint density at radius 1 is 0.295 bits per heavy atom. The number of nitrogens with zero attached hydrogens (tertiary/aromatic N) is 2. The zero-order chi connectivity index (χ0) is 40.3. The van der Waals surface area contributed by atoms with E-state index in [-0.39, 0.29) is 0 Å². The number of aromatic nitrogens is 2. The van der Waals surface area contributed by atoms with Crippen molar-refractivity contribution in [1.82, 2.24) is 9.97 Å². The Kier molecular flexibility index (Phi) is 8.39. The van der Waals surface area contributed by atoms with Crippen LogP contribution >= 0.6 is 11.3 Å². The Morgan fingerprint density at radius 3 is 1.74 bits per heavy atom. The van der Waals surface area contributed by atoms with E-state index in [2.05, 4.69) is 200 Å². The number of thiophene rings is 1. The molecule has 0 bridgehead atoms. The molecule has 0 atom stereocenters. The van der Waals surface area contributed by atoms with Crippen LogP contribution in [0.25, 0.3) is 120 Å². The van der Waals surface area contributed by atoms with Crippen LogP contribution in [0.3, 0.4) is 0 Å². The van der Waals surface area contributed by atoms with Crippen LogP contribution in [0.1, 0.15) is 0 Å². The van der Waals surface area contributed by atoms with Gasteiger partial charge in [-0.05, 0) is 107 Å². The Hall–Kier alpha value is -7.72. The van der Waals surface area contributed by atoms with E-state index >= 15 is 0 Å². The van der Waals surface area contributed by atoms with Crippen molar-refractivity contribution in [2.45, 2.75) is 0 Å². The molecule has 12 aromatic rings. The molecule has 10 aromatic carbocycles. The number of fused-ring (bicyclic) bond motifs is 6. The quantitative estimate of drug-likeness (QED) is 0.124. The lowest BCUT2D eigenvalue weighted by Crippen LogP contribution is -1.97. The topological polar surface area (TPSA) is 25.8 Å². The third-order valence-corrected chi connectivity index (χ3v) is 13.2. The maximum atomic E-state index is 5.27. The van der Waals surface area contributed by atoms with Gasteiger partial charge in [0.15, 0.2) is 5.82 Å². The van der Waals surface area contributed by atoms with Crippen molar-refractivity contribution in [3.8, 4) is 66.6 Å². The summed E-state index contributed by atoms with van der Waals surface area (Å²) in [6, 6.07) is 78.8. The summed E-state index contributed by atoms with van der Waals surface area (Å²) in [7, 11) is 0. The summed E-state index contributed by atoms with van der Waals surface area (Å²) in [5.74, 6) is 0.707. The zero-order valence-corrected chi connectivity index (χ0v) is 33.9. The predicted molar refractivity (Wildman–Crippen MR) is 260 cm³/mol. The van der Waals surface area contributed by atoms with Crippen LogP contribution in [0, 0.1) is 0 Å². The van der Waals surface area contributed by atoms with Gasteiger partial charge in [-0.25, -0.2) is 9.97 Å². The van der Waals surface area contributed by atoms with Gasteiger partial charge < -0.3 is 0 Å². The first-order valence-electron chi connectivity index (χ1n) is 20.7. The Balaban J connectivity index is 0.972. The van der Waals surface area contributed by atoms with Gasteiger partial charge in [0.1, 0.15) is 0 Å². The average molecular weight is 793 g/mol. The average Bonchev–Trinajstić information content (AvgIpc) is 3.78. The van der Waals surface area contributed by atoms with Crippen LogP contribution in [0.4, 0.5) is 0 Å². The van der Waals surface area contributed by atoms with Crippen molar-refractivity contribution in [3.05, 3.63) is 218 Å². The number of hydrogen-bond donors (Lipinski definition) is 0. The van der Waals surface area contributed by atoms with Gasteiger partial charge in [0.25, 0.3) is 0 Å².